The summed E-state index contributed by atoms with van der Waals surface area (Å²) < 4.78 is 0. The smallest absolute Gasteiger partial charge is 0.255 e. The molecule has 0 atom stereocenters. The molecule has 1 aliphatic rings. The van der Waals surface area contributed by atoms with Gasteiger partial charge in [0, 0.05) is 23.5 Å². The largest absolute Gasteiger partial charge is 0.322 e. The van der Waals surface area contributed by atoms with Gasteiger partial charge in [-0.2, -0.15) is 0 Å². The maximum atomic E-state index is 12.2. The van der Waals surface area contributed by atoms with Crippen LogP contribution in [0.5, 0.6) is 0 Å². The zero-order chi connectivity index (χ0) is 15.7. The molecule has 2 aromatic rings. The first-order chi connectivity index (χ1) is 10.6. The fraction of sp³-hybridized carbons (Fsp3) is 0.222. The Kier molecular flexibility index (Phi) is 3.67. The molecule has 0 aromatic heterocycles. The zero-order valence-electron chi connectivity index (χ0n) is 12.7. The van der Waals surface area contributed by atoms with Gasteiger partial charge in [-0.25, -0.2) is 0 Å². The van der Waals surface area contributed by atoms with E-state index in [1.54, 1.807) is 17.0 Å². The average molecular weight is 294 g/mol. The van der Waals surface area contributed by atoms with Crippen molar-refractivity contribution < 1.29 is 9.59 Å². The maximum absolute atomic E-state index is 12.2. The number of anilines is 2. The van der Waals surface area contributed by atoms with Crippen molar-refractivity contribution in [2.24, 2.45) is 0 Å². The lowest BCUT2D eigenvalue weighted by molar-refractivity contribution is -0.117. The highest BCUT2D eigenvalue weighted by Gasteiger charge is 2.25. The molecule has 112 valence electrons. The standard InChI is InChI=1S/C18H18N2O2/c1-3-20-16-9-8-15(10-14(16)11-17(20)21)19-18(22)13-6-4-12(2)5-7-13/h4-10H,3,11H2,1-2H3,(H,19,22). The number of hydrogen-bond donors (Lipinski definition) is 1. The quantitative estimate of drug-likeness (QED) is 0.945. The summed E-state index contributed by atoms with van der Waals surface area (Å²) in [7, 11) is 0. The van der Waals surface area contributed by atoms with Gasteiger partial charge in [-0.1, -0.05) is 17.7 Å². The van der Waals surface area contributed by atoms with E-state index in [-0.39, 0.29) is 11.8 Å². The van der Waals surface area contributed by atoms with E-state index in [1.807, 2.05) is 44.2 Å². The normalized spacial score (nSPS) is 13.2. The number of likely N-dealkylation sites (N-methyl/N-ethyl adjacent to an activating group) is 1. The topological polar surface area (TPSA) is 49.4 Å². The summed E-state index contributed by atoms with van der Waals surface area (Å²) in [5, 5.41) is 2.89. The molecule has 2 amide bonds. The van der Waals surface area contributed by atoms with E-state index in [9.17, 15) is 9.59 Å². The molecule has 0 unspecified atom stereocenters. The molecule has 0 spiro atoms. The zero-order valence-corrected chi connectivity index (χ0v) is 12.7. The second kappa shape index (κ2) is 5.64. The summed E-state index contributed by atoms with van der Waals surface area (Å²) in [6, 6.07) is 13.1. The highest BCUT2D eigenvalue weighted by atomic mass is 16.2. The summed E-state index contributed by atoms with van der Waals surface area (Å²) in [5.41, 5.74) is 4.37. The first kappa shape index (κ1) is 14.3. The molecule has 4 nitrogen and oxygen atoms in total. The molecule has 0 saturated carbocycles. The van der Waals surface area contributed by atoms with Gasteiger partial charge < -0.3 is 10.2 Å². The Balaban J connectivity index is 1.80. The number of aryl methyl sites for hydroxylation is 1. The average Bonchev–Trinajstić information content (AvgIpc) is 2.82. The van der Waals surface area contributed by atoms with Crippen LogP contribution in [0.3, 0.4) is 0 Å². The van der Waals surface area contributed by atoms with Crippen LogP contribution < -0.4 is 10.2 Å². The molecular formula is C18H18N2O2. The molecule has 0 bridgehead atoms. The van der Waals surface area contributed by atoms with Gasteiger partial charge in [-0.3, -0.25) is 9.59 Å². The van der Waals surface area contributed by atoms with Crippen LogP contribution >= 0.6 is 0 Å². The van der Waals surface area contributed by atoms with Gasteiger partial charge in [0.15, 0.2) is 0 Å². The van der Waals surface area contributed by atoms with E-state index >= 15 is 0 Å². The number of nitrogens with zero attached hydrogens (tertiary/aromatic N) is 1. The lowest BCUT2D eigenvalue weighted by Crippen LogP contribution is -2.25. The minimum atomic E-state index is -0.142. The van der Waals surface area contributed by atoms with Gasteiger partial charge in [0.05, 0.1) is 6.42 Å². The highest BCUT2D eigenvalue weighted by molar-refractivity contribution is 6.05. The monoisotopic (exact) mass is 294 g/mol. The molecule has 0 radical (unpaired) electrons. The predicted molar refractivity (Wildman–Crippen MR) is 87.3 cm³/mol. The third-order valence-corrected chi connectivity index (χ3v) is 3.90. The summed E-state index contributed by atoms with van der Waals surface area (Å²) in [5.74, 6) is -0.0314. The molecule has 0 saturated heterocycles. The minimum absolute atomic E-state index is 0.111. The molecule has 1 aliphatic heterocycles. The summed E-state index contributed by atoms with van der Waals surface area (Å²) in [6.45, 7) is 4.61. The van der Waals surface area contributed by atoms with Crippen molar-refractivity contribution in [3.05, 3.63) is 59.2 Å². The second-order valence-corrected chi connectivity index (χ2v) is 5.48. The number of carbonyl (C=O) groups is 2. The van der Waals surface area contributed by atoms with Crippen molar-refractivity contribution in [2.45, 2.75) is 20.3 Å². The molecule has 22 heavy (non-hydrogen) atoms. The number of benzene rings is 2. The summed E-state index contributed by atoms with van der Waals surface area (Å²) in [4.78, 5) is 25.9. The highest BCUT2D eigenvalue weighted by Crippen LogP contribution is 2.31. The van der Waals surface area contributed by atoms with Crippen LogP contribution in [0.1, 0.15) is 28.4 Å². The van der Waals surface area contributed by atoms with E-state index in [0.29, 0.717) is 18.5 Å². The van der Waals surface area contributed by atoms with Crippen molar-refractivity contribution in [2.75, 3.05) is 16.8 Å². The Morgan fingerprint density at radius 2 is 1.91 bits per heavy atom. The van der Waals surface area contributed by atoms with Crippen LogP contribution in [-0.2, 0) is 11.2 Å². The second-order valence-electron chi connectivity index (χ2n) is 5.48. The molecule has 1 heterocycles. The number of rotatable bonds is 3. The van der Waals surface area contributed by atoms with E-state index in [1.165, 1.54) is 0 Å². The number of fused-ring (bicyclic) bond motifs is 1. The number of nitrogens with one attached hydrogen (secondary N) is 1. The van der Waals surface area contributed by atoms with Crippen molar-refractivity contribution in [1.29, 1.82) is 0 Å². The van der Waals surface area contributed by atoms with Gasteiger partial charge in [-0.15, -0.1) is 0 Å². The number of hydrogen-bond acceptors (Lipinski definition) is 2. The molecule has 4 heteroatoms. The Morgan fingerprint density at radius 1 is 1.18 bits per heavy atom. The van der Waals surface area contributed by atoms with Crippen molar-refractivity contribution in [3.63, 3.8) is 0 Å². The lowest BCUT2D eigenvalue weighted by Gasteiger charge is -2.15. The molecule has 1 N–H and O–H groups in total. The van der Waals surface area contributed by atoms with Crippen molar-refractivity contribution in [3.8, 4) is 0 Å². The molecule has 3 rings (SSSR count). The Labute approximate surface area is 129 Å². The summed E-state index contributed by atoms with van der Waals surface area (Å²) >= 11 is 0. The molecule has 0 fully saturated rings. The molecule has 0 aliphatic carbocycles. The van der Waals surface area contributed by atoms with Crippen molar-refractivity contribution >= 4 is 23.2 Å². The van der Waals surface area contributed by atoms with Gasteiger partial charge in [0.1, 0.15) is 0 Å². The minimum Gasteiger partial charge on any atom is -0.322 e. The van der Waals surface area contributed by atoms with Crippen molar-refractivity contribution in [1.82, 2.24) is 0 Å². The fourth-order valence-corrected chi connectivity index (χ4v) is 2.72. The van der Waals surface area contributed by atoms with Crippen LogP contribution in [0.2, 0.25) is 0 Å². The SMILES string of the molecule is CCN1C(=O)Cc2cc(NC(=O)c3ccc(C)cc3)ccc21. The Bertz CT molecular complexity index is 735. The Hall–Kier alpha value is -2.62. The van der Waals surface area contributed by atoms with Gasteiger partial charge in [0.25, 0.3) is 5.91 Å². The third kappa shape index (κ3) is 2.60. The maximum Gasteiger partial charge on any atom is 0.255 e. The fourth-order valence-electron chi connectivity index (χ4n) is 2.72. The van der Waals surface area contributed by atoms with E-state index in [4.69, 9.17) is 0 Å². The first-order valence-electron chi connectivity index (χ1n) is 7.40. The molecular weight excluding hydrogens is 276 g/mol. The van der Waals surface area contributed by atoms with Crippen LogP contribution in [0.4, 0.5) is 11.4 Å². The van der Waals surface area contributed by atoms with Crippen LogP contribution in [-0.4, -0.2) is 18.4 Å². The van der Waals surface area contributed by atoms with E-state index in [2.05, 4.69) is 5.32 Å². The van der Waals surface area contributed by atoms with E-state index in [0.717, 1.165) is 22.5 Å². The van der Waals surface area contributed by atoms with Gasteiger partial charge >= 0.3 is 0 Å². The lowest BCUT2D eigenvalue weighted by atomic mass is 10.1. The van der Waals surface area contributed by atoms with Gasteiger partial charge in [-0.05, 0) is 49.7 Å². The van der Waals surface area contributed by atoms with Crippen LogP contribution in [0.15, 0.2) is 42.5 Å². The predicted octanol–water partition coefficient (Wildman–Crippen LogP) is 3.16. The van der Waals surface area contributed by atoms with Crippen LogP contribution in [0.25, 0.3) is 0 Å². The van der Waals surface area contributed by atoms with Gasteiger partial charge in [0.2, 0.25) is 5.91 Å². The number of amides is 2. The molecule has 2 aromatic carbocycles. The summed E-state index contributed by atoms with van der Waals surface area (Å²) in [6.07, 6.45) is 0.400. The Morgan fingerprint density at radius 3 is 2.59 bits per heavy atom. The first-order valence-corrected chi connectivity index (χ1v) is 7.40. The number of carbonyl (C=O) groups excluding carboxylic acids is 2. The van der Waals surface area contributed by atoms with Crippen LogP contribution in [0, 0.1) is 6.92 Å². The third-order valence-electron chi connectivity index (χ3n) is 3.90. The van der Waals surface area contributed by atoms with E-state index < -0.39 is 0 Å².